The van der Waals surface area contributed by atoms with Gasteiger partial charge >= 0.3 is 5.97 Å². The normalized spacial score (nSPS) is 15.6. The Kier molecular flexibility index (Phi) is 7.04. The zero-order valence-corrected chi connectivity index (χ0v) is 21.3. The van der Waals surface area contributed by atoms with Gasteiger partial charge in [0.25, 0.3) is 5.56 Å². The maximum absolute atomic E-state index is 13.3. The van der Waals surface area contributed by atoms with Crippen molar-refractivity contribution >= 4 is 45.0 Å². The minimum Gasteiger partial charge on any atom is -0.504 e. The van der Waals surface area contributed by atoms with Gasteiger partial charge in [0.15, 0.2) is 16.3 Å². The van der Waals surface area contributed by atoms with E-state index >= 15 is 0 Å². The van der Waals surface area contributed by atoms with Gasteiger partial charge in [-0.3, -0.25) is 9.36 Å². The second kappa shape index (κ2) is 9.99. The van der Waals surface area contributed by atoms with Crippen LogP contribution in [0.4, 0.5) is 0 Å². The number of rotatable bonds is 6. The first kappa shape index (κ1) is 24.0. The lowest BCUT2D eigenvalue weighted by atomic mass is 9.96. The molecule has 4 rings (SSSR count). The molecule has 9 heteroatoms. The molecule has 0 saturated carbocycles. The first-order chi connectivity index (χ1) is 16.3. The number of carbonyl (C=O) groups excluding carboxylic acids is 1. The van der Waals surface area contributed by atoms with Crippen LogP contribution in [0, 0.1) is 0 Å². The quantitative estimate of drug-likeness (QED) is 0.479. The van der Waals surface area contributed by atoms with Crippen molar-refractivity contribution in [3.05, 3.63) is 83.3 Å². The fourth-order valence-electron chi connectivity index (χ4n) is 3.74. The Morgan fingerprint density at radius 1 is 1.21 bits per heavy atom. The molecule has 2 aromatic carbocycles. The second-order valence-electron chi connectivity index (χ2n) is 7.50. The number of hydrogen-bond acceptors (Lipinski definition) is 7. The lowest BCUT2D eigenvalue weighted by molar-refractivity contribution is -0.138. The number of phenolic OH excluding ortho intramolecular Hbond substituents is 1. The number of thiazole rings is 1. The number of phenols is 1. The molecule has 0 bridgehead atoms. The van der Waals surface area contributed by atoms with E-state index in [0.29, 0.717) is 33.0 Å². The molecule has 1 aliphatic rings. The Balaban J connectivity index is 1.93. The molecule has 1 aromatic heterocycles. The average molecular weight is 543 g/mol. The highest BCUT2D eigenvalue weighted by Gasteiger charge is 2.32. The lowest BCUT2D eigenvalue weighted by Gasteiger charge is -2.22. The monoisotopic (exact) mass is 542 g/mol. The van der Waals surface area contributed by atoms with Crippen molar-refractivity contribution in [1.29, 1.82) is 0 Å². The molecular formula is C25H23BrN2O5S. The number of benzene rings is 2. The fraction of sp³-hybridized carbons (Fsp3) is 0.240. The van der Waals surface area contributed by atoms with Crippen molar-refractivity contribution in [2.45, 2.75) is 26.8 Å². The van der Waals surface area contributed by atoms with Crippen molar-refractivity contribution in [2.75, 3.05) is 13.2 Å². The zero-order chi connectivity index (χ0) is 24.4. The Labute approximate surface area is 208 Å². The molecule has 34 heavy (non-hydrogen) atoms. The minimum absolute atomic E-state index is 0.000730. The van der Waals surface area contributed by atoms with Crippen LogP contribution in [0.3, 0.4) is 0 Å². The van der Waals surface area contributed by atoms with E-state index in [1.54, 1.807) is 32.1 Å². The van der Waals surface area contributed by atoms with E-state index in [2.05, 4.69) is 15.9 Å². The molecule has 0 amide bonds. The molecule has 0 fully saturated rings. The summed E-state index contributed by atoms with van der Waals surface area (Å²) in [7, 11) is 0. The molecule has 1 atom stereocenters. The SMILES string of the molecule is CCOC(=O)C1=C(C)n2c(s/c(=C\c3ccc(Br)cc3)c2=O)=N[C@@H]1c1ccc(O)c(OCC)c1. The van der Waals surface area contributed by atoms with Gasteiger partial charge in [-0.2, -0.15) is 0 Å². The van der Waals surface area contributed by atoms with Crippen molar-refractivity contribution in [3.63, 3.8) is 0 Å². The van der Waals surface area contributed by atoms with Gasteiger partial charge in [-0.25, -0.2) is 9.79 Å². The zero-order valence-electron chi connectivity index (χ0n) is 18.9. The third-order valence-electron chi connectivity index (χ3n) is 5.31. The van der Waals surface area contributed by atoms with Crippen LogP contribution in [-0.4, -0.2) is 28.9 Å². The number of fused-ring (bicyclic) bond motifs is 1. The largest absolute Gasteiger partial charge is 0.504 e. The molecule has 0 spiro atoms. The van der Waals surface area contributed by atoms with Crippen LogP contribution < -0.4 is 19.6 Å². The molecule has 0 aliphatic carbocycles. The van der Waals surface area contributed by atoms with E-state index in [4.69, 9.17) is 14.5 Å². The molecule has 2 heterocycles. The predicted molar refractivity (Wildman–Crippen MR) is 135 cm³/mol. The number of aromatic nitrogens is 1. The Bertz CT molecular complexity index is 1450. The van der Waals surface area contributed by atoms with Crippen molar-refractivity contribution in [3.8, 4) is 11.5 Å². The third kappa shape index (κ3) is 4.58. The topological polar surface area (TPSA) is 90.1 Å². The molecule has 0 radical (unpaired) electrons. The van der Waals surface area contributed by atoms with Crippen LogP contribution >= 0.6 is 27.3 Å². The van der Waals surface area contributed by atoms with Crippen LogP contribution in [0.15, 0.2) is 62.3 Å². The van der Waals surface area contributed by atoms with Gasteiger partial charge in [-0.15, -0.1) is 0 Å². The highest BCUT2D eigenvalue weighted by Crippen LogP contribution is 2.36. The van der Waals surface area contributed by atoms with Crippen molar-refractivity contribution in [1.82, 2.24) is 4.57 Å². The van der Waals surface area contributed by atoms with Crippen LogP contribution in [0.2, 0.25) is 0 Å². The Morgan fingerprint density at radius 3 is 2.62 bits per heavy atom. The fourth-order valence-corrected chi connectivity index (χ4v) is 5.04. The summed E-state index contributed by atoms with van der Waals surface area (Å²) in [4.78, 5) is 31.5. The second-order valence-corrected chi connectivity index (χ2v) is 9.42. The number of allylic oxidation sites excluding steroid dienone is 1. The summed E-state index contributed by atoms with van der Waals surface area (Å²) in [6, 6.07) is 11.8. The van der Waals surface area contributed by atoms with Crippen LogP contribution in [0.5, 0.6) is 11.5 Å². The molecule has 0 unspecified atom stereocenters. The van der Waals surface area contributed by atoms with Gasteiger partial charge in [0.05, 0.1) is 23.3 Å². The first-order valence-corrected chi connectivity index (χ1v) is 12.4. The van der Waals surface area contributed by atoms with Crippen LogP contribution in [0.25, 0.3) is 11.8 Å². The molecule has 3 aromatic rings. The van der Waals surface area contributed by atoms with Crippen LogP contribution in [0.1, 0.15) is 37.9 Å². The van der Waals surface area contributed by atoms with Gasteiger partial charge < -0.3 is 14.6 Å². The number of esters is 1. The number of ether oxygens (including phenoxy) is 2. The van der Waals surface area contributed by atoms with E-state index in [0.717, 1.165) is 10.0 Å². The van der Waals surface area contributed by atoms with Gasteiger partial charge in [-0.05, 0) is 62.2 Å². The number of nitrogens with zero attached hydrogens (tertiary/aromatic N) is 2. The van der Waals surface area contributed by atoms with E-state index in [1.807, 2.05) is 31.2 Å². The highest BCUT2D eigenvalue weighted by molar-refractivity contribution is 9.10. The van der Waals surface area contributed by atoms with E-state index in [1.165, 1.54) is 22.0 Å². The highest BCUT2D eigenvalue weighted by atomic mass is 79.9. The summed E-state index contributed by atoms with van der Waals surface area (Å²) in [5.41, 5.74) is 2.02. The smallest absolute Gasteiger partial charge is 0.338 e. The summed E-state index contributed by atoms with van der Waals surface area (Å²) in [5, 5.41) is 10.1. The summed E-state index contributed by atoms with van der Waals surface area (Å²) in [6.07, 6.45) is 1.81. The van der Waals surface area contributed by atoms with E-state index in [9.17, 15) is 14.7 Å². The number of aromatic hydroxyl groups is 1. The van der Waals surface area contributed by atoms with Crippen molar-refractivity contribution < 1.29 is 19.4 Å². The summed E-state index contributed by atoms with van der Waals surface area (Å²) < 4.78 is 13.7. The van der Waals surface area contributed by atoms with E-state index < -0.39 is 12.0 Å². The van der Waals surface area contributed by atoms with E-state index in [-0.39, 0.29) is 23.5 Å². The number of halogens is 1. The molecule has 1 N–H and O–H groups in total. The molecule has 1 aliphatic heterocycles. The standard InChI is InChI=1S/C25H23BrN2O5S/c1-4-32-19-13-16(8-11-18(19)29)22-21(24(31)33-5-2)14(3)28-23(30)20(34-25(28)27-22)12-15-6-9-17(26)10-7-15/h6-13,22,29H,4-5H2,1-3H3/b20-12-/t22-/m1/s1. The van der Waals surface area contributed by atoms with Crippen molar-refractivity contribution in [2.24, 2.45) is 4.99 Å². The maximum Gasteiger partial charge on any atom is 0.338 e. The Hall–Kier alpha value is -3.17. The Morgan fingerprint density at radius 2 is 1.94 bits per heavy atom. The number of carbonyl (C=O) groups is 1. The van der Waals surface area contributed by atoms with Gasteiger partial charge in [-0.1, -0.05) is 45.5 Å². The predicted octanol–water partition coefficient (Wildman–Crippen LogP) is 3.77. The summed E-state index contributed by atoms with van der Waals surface area (Å²) in [5.74, 6) is -0.240. The first-order valence-electron chi connectivity index (χ1n) is 10.7. The molecule has 7 nitrogen and oxygen atoms in total. The maximum atomic E-state index is 13.3. The third-order valence-corrected chi connectivity index (χ3v) is 6.82. The molecule has 0 saturated heterocycles. The lowest BCUT2D eigenvalue weighted by Crippen LogP contribution is -2.35. The molecule has 176 valence electrons. The number of hydrogen-bond donors (Lipinski definition) is 1. The minimum atomic E-state index is -0.711. The van der Waals surface area contributed by atoms with Gasteiger partial charge in [0, 0.05) is 10.2 Å². The summed E-state index contributed by atoms with van der Waals surface area (Å²) >= 11 is 4.67. The molecular weight excluding hydrogens is 520 g/mol. The van der Waals surface area contributed by atoms with Gasteiger partial charge in [0.1, 0.15) is 6.04 Å². The van der Waals surface area contributed by atoms with Crippen LogP contribution in [-0.2, 0) is 9.53 Å². The summed E-state index contributed by atoms with van der Waals surface area (Å²) in [6.45, 7) is 5.83. The average Bonchev–Trinajstić information content (AvgIpc) is 3.12. The van der Waals surface area contributed by atoms with Gasteiger partial charge in [0.2, 0.25) is 0 Å².